The standard InChI is InChI=1S/C21H16FN5O/c1-13-24-18(21(28)26-16-9-7-15(22)8-10-16)12-19(25-13)27-17-6-2-4-14-5-3-11-23-20(14)17/h2-12H,1H3,(H,26,28)(H,24,25,27). The highest BCUT2D eigenvalue weighted by atomic mass is 19.1. The number of aromatic nitrogens is 3. The molecule has 138 valence electrons. The summed E-state index contributed by atoms with van der Waals surface area (Å²) in [6.07, 6.45) is 1.72. The van der Waals surface area contributed by atoms with E-state index in [0.29, 0.717) is 17.3 Å². The maximum absolute atomic E-state index is 13.0. The van der Waals surface area contributed by atoms with Crippen molar-refractivity contribution in [1.29, 1.82) is 0 Å². The monoisotopic (exact) mass is 373 g/mol. The van der Waals surface area contributed by atoms with Gasteiger partial charge >= 0.3 is 0 Å². The van der Waals surface area contributed by atoms with E-state index in [4.69, 9.17) is 0 Å². The van der Waals surface area contributed by atoms with E-state index in [2.05, 4.69) is 25.6 Å². The number of hydrogen-bond acceptors (Lipinski definition) is 5. The van der Waals surface area contributed by atoms with Crippen LogP contribution in [0.2, 0.25) is 0 Å². The molecule has 0 aliphatic rings. The molecule has 0 spiro atoms. The highest BCUT2D eigenvalue weighted by Gasteiger charge is 2.12. The third kappa shape index (κ3) is 3.78. The van der Waals surface area contributed by atoms with Crippen LogP contribution in [0.1, 0.15) is 16.3 Å². The molecule has 0 atom stereocenters. The lowest BCUT2D eigenvalue weighted by Crippen LogP contribution is -2.15. The number of nitrogens with zero attached hydrogens (tertiary/aromatic N) is 3. The summed E-state index contributed by atoms with van der Waals surface area (Å²) in [5.41, 5.74) is 2.27. The fourth-order valence-electron chi connectivity index (χ4n) is 2.82. The number of hydrogen-bond donors (Lipinski definition) is 2. The number of benzene rings is 2. The average molecular weight is 373 g/mol. The topological polar surface area (TPSA) is 79.8 Å². The molecule has 0 fully saturated rings. The first kappa shape index (κ1) is 17.5. The molecule has 2 aromatic heterocycles. The smallest absolute Gasteiger partial charge is 0.274 e. The van der Waals surface area contributed by atoms with Crippen molar-refractivity contribution in [3.8, 4) is 0 Å². The Balaban J connectivity index is 1.61. The molecular formula is C21H16FN5O. The molecule has 2 heterocycles. The third-order valence-electron chi connectivity index (χ3n) is 4.07. The van der Waals surface area contributed by atoms with E-state index in [1.165, 1.54) is 24.3 Å². The van der Waals surface area contributed by atoms with Crippen LogP contribution in [0.4, 0.5) is 21.6 Å². The predicted octanol–water partition coefficient (Wildman–Crippen LogP) is 4.47. The Bertz CT molecular complexity index is 1160. The van der Waals surface area contributed by atoms with Gasteiger partial charge in [0.05, 0.1) is 11.2 Å². The molecule has 4 aromatic rings. The Morgan fingerprint density at radius 3 is 2.61 bits per heavy atom. The highest BCUT2D eigenvalue weighted by Crippen LogP contribution is 2.24. The van der Waals surface area contributed by atoms with Crippen LogP contribution in [0.3, 0.4) is 0 Å². The maximum atomic E-state index is 13.0. The lowest BCUT2D eigenvalue weighted by Gasteiger charge is -2.11. The summed E-state index contributed by atoms with van der Waals surface area (Å²) in [6, 6.07) is 16.7. The van der Waals surface area contributed by atoms with Gasteiger partial charge in [-0.3, -0.25) is 9.78 Å². The molecule has 0 saturated heterocycles. The second-order valence-corrected chi connectivity index (χ2v) is 6.15. The van der Waals surface area contributed by atoms with Gasteiger partial charge < -0.3 is 10.6 Å². The van der Waals surface area contributed by atoms with Crippen LogP contribution in [0, 0.1) is 12.7 Å². The summed E-state index contributed by atoms with van der Waals surface area (Å²) in [6.45, 7) is 1.71. The van der Waals surface area contributed by atoms with Crippen LogP contribution in [0.15, 0.2) is 66.9 Å². The first-order valence-electron chi connectivity index (χ1n) is 8.62. The van der Waals surface area contributed by atoms with Gasteiger partial charge in [-0.25, -0.2) is 14.4 Å². The molecule has 0 aliphatic heterocycles. The molecule has 7 heteroatoms. The Morgan fingerprint density at radius 1 is 1.00 bits per heavy atom. The Kier molecular flexibility index (Phi) is 4.63. The van der Waals surface area contributed by atoms with E-state index in [0.717, 1.165) is 16.6 Å². The van der Waals surface area contributed by atoms with Gasteiger partial charge in [0.1, 0.15) is 23.2 Å². The van der Waals surface area contributed by atoms with Crippen LogP contribution >= 0.6 is 0 Å². The summed E-state index contributed by atoms with van der Waals surface area (Å²) in [5, 5.41) is 6.90. The van der Waals surface area contributed by atoms with Crippen LogP contribution in [0.5, 0.6) is 0 Å². The summed E-state index contributed by atoms with van der Waals surface area (Å²) in [7, 11) is 0. The largest absolute Gasteiger partial charge is 0.338 e. The lowest BCUT2D eigenvalue weighted by molar-refractivity contribution is 0.102. The van der Waals surface area contributed by atoms with E-state index in [9.17, 15) is 9.18 Å². The van der Waals surface area contributed by atoms with E-state index < -0.39 is 5.91 Å². The Labute approximate surface area is 160 Å². The summed E-state index contributed by atoms with van der Waals surface area (Å²) < 4.78 is 13.0. The Morgan fingerprint density at radius 2 is 1.79 bits per heavy atom. The van der Waals surface area contributed by atoms with E-state index >= 15 is 0 Å². The van der Waals surface area contributed by atoms with Crippen molar-refractivity contribution < 1.29 is 9.18 Å². The van der Waals surface area contributed by atoms with Crippen molar-refractivity contribution in [2.75, 3.05) is 10.6 Å². The van der Waals surface area contributed by atoms with E-state index in [-0.39, 0.29) is 11.5 Å². The third-order valence-corrected chi connectivity index (χ3v) is 4.07. The van der Waals surface area contributed by atoms with Gasteiger partial charge in [-0.1, -0.05) is 18.2 Å². The highest BCUT2D eigenvalue weighted by molar-refractivity contribution is 6.03. The van der Waals surface area contributed by atoms with Crippen molar-refractivity contribution in [1.82, 2.24) is 15.0 Å². The minimum atomic E-state index is -0.406. The molecule has 0 radical (unpaired) electrons. The van der Waals surface area contributed by atoms with Crippen molar-refractivity contribution in [3.63, 3.8) is 0 Å². The second-order valence-electron chi connectivity index (χ2n) is 6.15. The van der Waals surface area contributed by atoms with Crippen LogP contribution in [0.25, 0.3) is 10.9 Å². The Hall–Kier alpha value is -3.87. The number of nitrogens with one attached hydrogen (secondary N) is 2. The van der Waals surface area contributed by atoms with Crippen LogP contribution < -0.4 is 10.6 Å². The number of aryl methyl sites for hydroxylation is 1. The number of fused-ring (bicyclic) bond motifs is 1. The number of halogens is 1. The molecular weight excluding hydrogens is 357 g/mol. The van der Waals surface area contributed by atoms with Gasteiger partial charge in [-0.15, -0.1) is 0 Å². The van der Waals surface area contributed by atoms with Crippen molar-refractivity contribution in [2.45, 2.75) is 6.92 Å². The number of pyridine rings is 1. The fourth-order valence-corrected chi connectivity index (χ4v) is 2.82. The molecule has 0 saturated carbocycles. The van der Waals surface area contributed by atoms with Gasteiger partial charge in [0.2, 0.25) is 0 Å². The molecule has 2 aromatic carbocycles. The quantitative estimate of drug-likeness (QED) is 0.552. The van der Waals surface area contributed by atoms with Crippen molar-refractivity contribution in [3.05, 3.63) is 84.2 Å². The molecule has 2 N–H and O–H groups in total. The van der Waals surface area contributed by atoms with E-state index in [1.54, 1.807) is 19.2 Å². The van der Waals surface area contributed by atoms with Crippen LogP contribution in [-0.4, -0.2) is 20.9 Å². The number of amides is 1. The first-order chi connectivity index (χ1) is 13.6. The van der Waals surface area contributed by atoms with Gasteiger partial charge in [0.15, 0.2) is 0 Å². The van der Waals surface area contributed by atoms with Crippen LogP contribution in [-0.2, 0) is 0 Å². The molecule has 1 amide bonds. The number of carbonyl (C=O) groups excluding carboxylic acids is 1. The second kappa shape index (κ2) is 7.40. The van der Waals surface area contributed by atoms with E-state index in [1.807, 2.05) is 30.3 Å². The van der Waals surface area contributed by atoms with Crippen molar-refractivity contribution >= 4 is 34.0 Å². The number of anilines is 3. The molecule has 6 nitrogen and oxygen atoms in total. The molecule has 28 heavy (non-hydrogen) atoms. The van der Waals surface area contributed by atoms with Gasteiger partial charge in [0, 0.05) is 23.3 Å². The number of para-hydroxylation sites is 1. The summed E-state index contributed by atoms with van der Waals surface area (Å²) >= 11 is 0. The summed E-state index contributed by atoms with van der Waals surface area (Å²) in [5.74, 6) is 0.152. The number of carbonyl (C=O) groups is 1. The first-order valence-corrected chi connectivity index (χ1v) is 8.62. The molecule has 0 bridgehead atoms. The zero-order valence-electron chi connectivity index (χ0n) is 15.0. The average Bonchev–Trinajstić information content (AvgIpc) is 2.69. The molecule has 0 aliphatic carbocycles. The molecule has 4 rings (SSSR count). The zero-order chi connectivity index (χ0) is 19.5. The minimum Gasteiger partial charge on any atom is -0.338 e. The van der Waals surface area contributed by atoms with Crippen molar-refractivity contribution in [2.24, 2.45) is 0 Å². The predicted molar refractivity (Wildman–Crippen MR) is 106 cm³/mol. The molecule has 0 unspecified atom stereocenters. The zero-order valence-corrected chi connectivity index (χ0v) is 15.0. The minimum absolute atomic E-state index is 0.201. The van der Waals surface area contributed by atoms with Gasteiger partial charge in [0.25, 0.3) is 5.91 Å². The number of rotatable bonds is 4. The van der Waals surface area contributed by atoms with Gasteiger partial charge in [-0.2, -0.15) is 0 Å². The SMILES string of the molecule is Cc1nc(Nc2cccc3cccnc23)cc(C(=O)Nc2ccc(F)cc2)n1. The van der Waals surface area contributed by atoms with Gasteiger partial charge in [-0.05, 0) is 43.3 Å². The summed E-state index contributed by atoms with van der Waals surface area (Å²) in [4.78, 5) is 25.5. The normalized spacial score (nSPS) is 10.6. The maximum Gasteiger partial charge on any atom is 0.274 e. The lowest BCUT2D eigenvalue weighted by atomic mass is 10.2. The fraction of sp³-hybridized carbons (Fsp3) is 0.0476.